The summed E-state index contributed by atoms with van der Waals surface area (Å²) in [4.78, 5) is 39.7. The number of fused-ring (bicyclic) bond motifs is 1. The van der Waals surface area contributed by atoms with Gasteiger partial charge in [-0.3, -0.25) is 19.1 Å². The highest BCUT2D eigenvalue weighted by molar-refractivity contribution is 7.20. The molecule has 2 N–H and O–H groups in total. The van der Waals surface area contributed by atoms with Crippen LogP contribution < -0.4 is 5.32 Å². The molecule has 0 spiro atoms. The number of thiophene rings is 1. The van der Waals surface area contributed by atoms with Crippen LogP contribution >= 0.6 is 11.3 Å². The number of hydrogen-bond acceptors (Lipinski definition) is 5. The van der Waals surface area contributed by atoms with Gasteiger partial charge in [0.2, 0.25) is 5.91 Å². The lowest BCUT2D eigenvalue weighted by Gasteiger charge is -2.38. The van der Waals surface area contributed by atoms with Gasteiger partial charge in [0.05, 0.1) is 16.0 Å². The number of hydrogen-bond donors (Lipinski definition) is 2. The minimum atomic E-state index is -0.937. The zero-order valence-corrected chi connectivity index (χ0v) is 16.7. The third kappa shape index (κ3) is 3.55. The molecule has 2 amide bonds. The number of carbonyl (C=O) groups excluding carboxylic acids is 2. The summed E-state index contributed by atoms with van der Waals surface area (Å²) >= 11 is 1.33. The summed E-state index contributed by atoms with van der Waals surface area (Å²) in [5, 5.41) is 17.4. The number of rotatable bonds is 4. The van der Waals surface area contributed by atoms with Crippen LogP contribution in [0, 0.1) is 12.3 Å². The molecule has 0 saturated carbocycles. The Morgan fingerprint density at radius 1 is 1.41 bits per heavy atom. The maximum Gasteiger partial charge on any atom is 0.311 e. The lowest BCUT2D eigenvalue weighted by atomic mass is 9.82. The predicted molar refractivity (Wildman–Crippen MR) is 102 cm³/mol. The van der Waals surface area contributed by atoms with Crippen molar-refractivity contribution in [2.24, 2.45) is 12.5 Å². The number of aromatic nitrogens is 2. The molecule has 0 aliphatic carbocycles. The summed E-state index contributed by atoms with van der Waals surface area (Å²) < 4.78 is 1.74. The molecule has 0 bridgehead atoms. The van der Waals surface area contributed by atoms with Gasteiger partial charge in [-0.15, -0.1) is 11.3 Å². The first kappa shape index (κ1) is 19.3. The quantitative estimate of drug-likeness (QED) is 0.825. The van der Waals surface area contributed by atoms with Gasteiger partial charge < -0.3 is 15.3 Å². The Labute approximate surface area is 161 Å². The number of carbonyl (C=O) groups is 3. The van der Waals surface area contributed by atoms with Crippen molar-refractivity contribution in [3.63, 3.8) is 0 Å². The first-order valence-corrected chi connectivity index (χ1v) is 9.70. The van der Waals surface area contributed by atoms with E-state index in [1.54, 1.807) is 29.5 Å². The second-order valence-electron chi connectivity index (χ2n) is 7.46. The zero-order valence-electron chi connectivity index (χ0n) is 15.9. The summed E-state index contributed by atoms with van der Waals surface area (Å²) in [5.74, 6) is -1.46. The number of carboxylic acids is 1. The van der Waals surface area contributed by atoms with Crippen LogP contribution in [0.5, 0.6) is 0 Å². The van der Waals surface area contributed by atoms with Gasteiger partial charge in [0.25, 0.3) is 5.91 Å². The van der Waals surface area contributed by atoms with Crippen LogP contribution in [0.25, 0.3) is 10.2 Å². The molecule has 1 aliphatic rings. The second-order valence-corrected chi connectivity index (χ2v) is 8.49. The van der Waals surface area contributed by atoms with Crippen molar-refractivity contribution in [2.75, 3.05) is 13.1 Å². The monoisotopic (exact) mass is 392 g/mol. The lowest BCUT2D eigenvalue weighted by molar-refractivity contribution is -0.153. The summed E-state index contributed by atoms with van der Waals surface area (Å²) in [6.45, 7) is 5.85. The summed E-state index contributed by atoms with van der Waals surface area (Å²) in [6, 6.07) is 1.06. The average molecular weight is 392 g/mol. The molecule has 27 heavy (non-hydrogen) atoms. The van der Waals surface area contributed by atoms with Crippen LogP contribution in [0.3, 0.4) is 0 Å². The third-order valence-electron chi connectivity index (χ3n) is 5.16. The number of nitrogens with one attached hydrogen (secondary N) is 1. The maximum atomic E-state index is 12.7. The normalized spacial score (nSPS) is 21.3. The largest absolute Gasteiger partial charge is 0.481 e. The number of aryl methyl sites for hydroxylation is 2. The van der Waals surface area contributed by atoms with Gasteiger partial charge >= 0.3 is 5.97 Å². The van der Waals surface area contributed by atoms with E-state index in [-0.39, 0.29) is 18.4 Å². The van der Waals surface area contributed by atoms with E-state index >= 15 is 0 Å². The van der Waals surface area contributed by atoms with Gasteiger partial charge in [-0.05, 0) is 39.7 Å². The van der Waals surface area contributed by atoms with Crippen molar-refractivity contribution in [1.29, 1.82) is 0 Å². The van der Waals surface area contributed by atoms with Gasteiger partial charge in [0.1, 0.15) is 10.9 Å². The highest BCUT2D eigenvalue weighted by Gasteiger charge is 2.40. The highest BCUT2D eigenvalue weighted by atomic mass is 32.1. The van der Waals surface area contributed by atoms with E-state index in [0.717, 1.165) is 15.9 Å². The van der Waals surface area contributed by atoms with E-state index in [2.05, 4.69) is 10.4 Å². The minimum Gasteiger partial charge on any atom is -0.481 e. The minimum absolute atomic E-state index is 0.162. The first-order chi connectivity index (χ1) is 12.6. The van der Waals surface area contributed by atoms with E-state index in [9.17, 15) is 19.5 Å². The molecule has 9 heteroatoms. The Morgan fingerprint density at radius 2 is 2.11 bits per heavy atom. The standard InChI is InChI=1S/C18H24N4O4S/c1-10-12-8-13(27-16(12)21(4)20-10)14(23)19-11(2)15(24)22-7-5-6-18(3,9-22)17(25)26/h8,11H,5-7,9H2,1-4H3,(H,19,23)(H,25,26). The molecule has 0 radical (unpaired) electrons. The smallest absolute Gasteiger partial charge is 0.311 e. The lowest BCUT2D eigenvalue weighted by Crippen LogP contribution is -2.53. The number of aliphatic carboxylic acids is 1. The Bertz CT molecular complexity index is 883. The number of carboxylic acid groups (broad SMARTS) is 1. The molecule has 3 rings (SSSR count). The Morgan fingerprint density at radius 3 is 2.74 bits per heavy atom. The molecule has 1 aliphatic heterocycles. The Balaban J connectivity index is 1.69. The summed E-state index contributed by atoms with van der Waals surface area (Å²) in [7, 11) is 1.83. The van der Waals surface area contributed by atoms with E-state index in [1.165, 1.54) is 11.3 Å². The van der Waals surface area contributed by atoms with E-state index in [1.807, 2.05) is 14.0 Å². The molecule has 146 valence electrons. The topological polar surface area (TPSA) is 105 Å². The van der Waals surface area contributed by atoms with Crippen molar-refractivity contribution in [3.8, 4) is 0 Å². The SMILES string of the molecule is Cc1nn(C)c2sc(C(=O)NC(C)C(=O)N3CCCC(C)(C(=O)O)C3)cc12. The van der Waals surface area contributed by atoms with E-state index < -0.39 is 17.4 Å². The number of amides is 2. The molecule has 2 atom stereocenters. The van der Waals surface area contributed by atoms with Gasteiger partial charge in [0.15, 0.2) is 0 Å². The van der Waals surface area contributed by atoms with Crippen molar-refractivity contribution in [2.45, 2.75) is 39.7 Å². The van der Waals surface area contributed by atoms with Crippen molar-refractivity contribution in [1.82, 2.24) is 20.0 Å². The molecule has 2 unspecified atom stereocenters. The third-order valence-corrected chi connectivity index (χ3v) is 6.36. The number of likely N-dealkylation sites (tertiary alicyclic amines) is 1. The molecule has 1 fully saturated rings. The van der Waals surface area contributed by atoms with Gasteiger partial charge in [-0.25, -0.2) is 0 Å². The molecule has 2 aromatic rings. The molecular weight excluding hydrogens is 368 g/mol. The second kappa shape index (κ2) is 6.95. The van der Waals surface area contributed by atoms with Gasteiger partial charge in [-0.1, -0.05) is 0 Å². The van der Waals surface area contributed by atoms with Crippen LogP contribution in [0.2, 0.25) is 0 Å². The fourth-order valence-corrected chi connectivity index (χ4v) is 4.55. The first-order valence-electron chi connectivity index (χ1n) is 8.88. The molecular formula is C18H24N4O4S. The van der Waals surface area contributed by atoms with Crippen molar-refractivity contribution >= 4 is 39.3 Å². The van der Waals surface area contributed by atoms with Gasteiger partial charge in [0, 0.05) is 25.5 Å². The van der Waals surface area contributed by atoms with E-state index in [0.29, 0.717) is 24.3 Å². The Kier molecular flexibility index (Phi) is 4.98. The zero-order chi connectivity index (χ0) is 19.9. The van der Waals surface area contributed by atoms with Crippen LogP contribution in [-0.2, 0) is 16.6 Å². The summed E-state index contributed by atoms with van der Waals surface area (Å²) in [6.07, 6.45) is 1.18. The van der Waals surface area contributed by atoms with Crippen molar-refractivity contribution < 1.29 is 19.5 Å². The number of piperidine rings is 1. The van der Waals surface area contributed by atoms with Crippen LogP contribution in [0.15, 0.2) is 6.07 Å². The average Bonchev–Trinajstić information content (AvgIpc) is 3.16. The molecule has 0 aromatic carbocycles. The Hall–Kier alpha value is -2.42. The highest BCUT2D eigenvalue weighted by Crippen LogP contribution is 2.30. The fraction of sp³-hybridized carbons (Fsp3) is 0.556. The van der Waals surface area contributed by atoms with Crippen LogP contribution in [0.1, 0.15) is 42.1 Å². The molecule has 3 heterocycles. The van der Waals surface area contributed by atoms with Crippen LogP contribution in [-0.4, -0.2) is 56.7 Å². The maximum absolute atomic E-state index is 12.7. The van der Waals surface area contributed by atoms with E-state index in [4.69, 9.17) is 0 Å². The number of nitrogens with zero attached hydrogens (tertiary/aromatic N) is 3. The predicted octanol–water partition coefficient (Wildman–Crippen LogP) is 1.77. The van der Waals surface area contributed by atoms with Crippen LogP contribution in [0.4, 0.5) is 0 Å². The fourth-order valence-electron chi connectivity index (χ4n) is 3.52. The molecule has 1 saturated heterocycles. The summed E-state index contributed by atoms with van der Waals surface area (Å²) in [5.41, 5.74) is -0.0821. The van der Waals surface area contributed by atoms with Crippen molar-refractivity contribution in [3.05, 3.63) is 16.6 Å². The molecule has 8 nitrogen and oxygen atoms in total. The molecule has 2 aromatic heterocycles. The van der Waals surface area contributed by atoms with Gasteiger partial charge in [-0.2, -0.15) is 5.10 Å².